The summed E-state index contributed by atoms with van der Waals surface area (Å²) in [6, 6.07) is 12.8. The Bertz CT molecular complexity index is 1200. The van der Waals surface area contributed by atoms with Gasteiger partial charge >= 0.3 is 6.18 Å². The molecule has 0 atom stereocenters. The molecule has 36 heavy (non-hydrogen) atoms. The lowest BCUT2D eigenvalue weighted by atomic mass is 10.1. The van der Waals surface area contributed by atoms with E-state index in [-0.39, 0.29) is 36.8 Å². The largest absolute Gasteiger partial charge is 0.416 e. The number of alkyl halides is 3. The first kappa shape index (κ1) is 27.1. The van der Waals surface area contributed by atoms with E-state index < -0.39 is 17.6 Å². The van der Waals surface area contributed by atoms with Gasteiger partial charge in [-0.25, -0.2) is 14.9 Å². The van der Waals surface area contributed by atoms with Crippen molar-refractivity contribution in [1.82, 2.24) is 14.9 Å². The third kappa shape index (κ3) is 6.81. The molecule has 6 nitrogen and oxygen atoms in total. The zero-order valence-electron chi connectivity index (χ0n) is 19.9. The van der Waals surface area contributed by atoms with Crippen molar-refractivity contribution in [3.63, 3.8) is 0 Å². The van der Waals surface area contributed by atoms with Crippen molar-refractivity contribution in [3.8, 4) is 11.3 Å². The smallest absolute Gasteiger partial charge is 0.343 e. The molecule has 0 aliphatic heterocycles. The van der Waals surface area contributed by atoms with Gasteiger partial charge in [-0.3, -0.25) is 9.59 Å². The van der Waals surface area contributed by atoms with Crippen LogP contribution in [0.4, 0.5) is 24.8 Å². The van der Waals surface area contributed by atoms with Crippen molar-refractivity contribution in [1.29, 1.82) is 0 Å². The molecule has 0 fully saturated rings. The van der Waals surface area contributed by atoms with Crippen LogP contribution >= 0.6 is 11.6 Å². The molecule has 0 saturated heterocycles. The number of nitrogens with zero attached hydrogens (tertiary/aromatic N) is 4. The standard InChI is InChI=1S/C26H26ClF3N4O2/c1-3-33(4-2)23(35)9-6-10-24(36)34(21-13-11-19(12-14-21)26(28,29)30)25-31-16-15-22(32-25)18-7-5-8-20(27)17-18/h5,7-8,11-17H,3-4,6,9-10H2,1-2H3. The highest BCUT2D eigenvalue weighted by atomic mass is 35.5. The molecule has 10 heteroatoms. The topological polar surface area (TPSA) is 66.4 Å². The van der Waals surface area contributed by atoms with E-state index in [1.165, 1.54) is 23.2 Å². The van der Waals surface area contributed by atoms with Gasteiger partial charge in [0.25, 0.3) is 0 Å². The quantitative estimate of drug-likeness (QED) is 0.323. The summed E-state index contributed by atoms with van der Waals surface area (Å²) in [6.07, 6.45) is -2.61. The Morgan fingerprint density at radius 2 is 1.61 bits per heavy atom. The van der Waals surface area contributed by atoms with Gasteiger partial charge in [0.1, 0.15) is 0 Å². The minimum atomic E-state index is -4.51. The van der Waals surface area contributed by atoms with Crippen LogP contribution in [0.25, 0.3) is 11.3 Å². The molecule has 0 unspecified atom stereocenters. The fourth-order valence-electron chi connectivity index (χ4n) is 3.67. The Balaban J connectivity index is 1.92. The molecule has 1 aromatic heterocycles. The maximum absolute atomic E-state index is 13.3. The van der Waals surface area contributed by atoms with Gasteiger partial charge < -0.3 is 4.90 Å². The highest BCUT2D eigenvalue weighted by Crippen LogP contribution is 2.32. The molecule has 2 amide bonds. The monoisotopic (exact) mass is 518 g/mol. The number of halogens is 4. The molecule has 0 saturated carbocycles. The maximum Gasteiger partial charge on any atom is 0.416 e. The van der Waals surface area contributed by atoms with Crippen LogP contribution < -0.4 is 4.90 Å². The summed E-state index contributed by atoms with van der Waals surface area (Å²) in [6.45, 7) is 4.91. The fourth-order valence-corrected chi connectivity index (χ4v) is 3.86. The van der Waals surface area contributed by atoms with Gasteiger partial charge in [-0.2, -0.15) is 13.2 Å². The summed E-state index contributed by atoms with van der Waals surface area (Å²) in [5.41, 5.74) is 0.531. The van der Waals surface area contributed by atoms with Gasteiger partial charge in [-0.05, 0) is 62.7 Å². The second-order valence-corrected chi connectivity index (χ2v) is 8.38. The normalized spacial score (nSPS) is 11.3. The van der Waals surface area contributed by atoms with Crippen LogP contribution in [0.1, 0.15) is 38.7 Å². The lowest BCUT2D eigenvalue weighted by molar-refractivity contribution is -0.137. The number of hydrogen-bond acceptors (Lipinski definition) is 4. The van der Waals surface area contributed by atoms with Crippen molar-refractivity contribution in [2.75, 3.05) is 18.0 Å². The number of rotatable bonds is 9. The number of amides is 2. The van der Waals surface area contributed by atoms with Crippen LogP contribution in [0.5, 0.6) is 0 Å². The van der Waals surface area contributed by atoms with Gasteiger partial charge in [0.05, 0.1) is 16.9 Å². The highest BCUT2D eigenvalue weighted by molar-refractivity contribution is 6.30. The summed E-state index contributed by atoms with van der Waals surface area (Å²) in [7, 11) is 0. The van der Waals surface area contributed by atoms with E-state index in [1.54, 1.807) is 35.2 Å². The lowest BCUT2D eigenvalue weighted by Crippen LogP contribution is -2.31. The van der Waals surface area contributed by atoms with Gasteiger partial charge in [0, 0.05) is 42.7 Å². The molecular weight excluding hydrogens is 493 g/mol. The van der Waals surface area contributed by atoms with Crippen molar-refractivity contribution < 1.29 is 22.8 Å². The average molecular weight is 519 g/mol. The minimum Gasteiger partial charge on any atom is -0.343 e. The Kier molecular flexibility index (Phi) is 9.03. The zero-order chi connectivity index (χ0) is 26.3. The van der Waals surface area contributed by atoms with Crippen LogP contribution in [0.15, 0.2) is 60.8 Å². The molecule has 0 N–H and O–H groups in total. The molecule has 0 aliphatic carbocycles. The first-order valence-corrected chi connectivity index (χ1v) is 11.9. The first-order valence-electron chi connectivity index (χ1n) is 11.5. The van der Waals surface area contributed by atoms with E-state index in [0.717, 1.165) is 12.1 Å². The number of aromatic nitrogens is 2. The summed E-state index contributed by atoms with van der Waals surface area (Å²) in [4.78, 5) is 37.2. The van der Waals surface area contributed by atoms with Gasteiger partial charge in [-0.15, -0.1) is 0 Å². The summed E-state index contributed by atoms with van der Waals surface area (Å²) in [5.74, 6) is -0.495. The van der Waals surface area contributed by atoms with Gasteiger partial charge in [-0.1, -0.05) is 23.7 Å². The molecular formula is C26H26ClF3N4O2. The molecule has 3 rings (SSSR count). The Morgan fingerprint density at radius 1 is 0.944 bits per heavy atom. The summed E-state index contributed by atoms with van der Waals surface area (Å²) in [5, 5.41) is 0.501. The number of carbonyl (C=O) groups is 2. The van der Waals surface area contributed by atoms with E-state index >= 15 is 0 Å². The molecule has 0 aliphatic rings. The second kappa shape index (κ2) is 12.0. The molecule has 0 radical (unpaired) electrons. The molecule has 0 spiro atoms. The molecule has 0 bridgehead atoms. The second-order valence-electron chi connectivity index (χ2n) is 7.95. The van der Waals surface area contributed by atoms with E-state index in [4.69, 9.17) is 11.6 Å². The van der Waals surface area contributed by atoms with E-state index in [2.05, 4.69) is 9.97 Å². The van der Waals surface area contributed by atoms with Crippen molar-refractivity contribution >= 4 is 35.1 Å². The highest BCUT2D eigenvalue weighted by Gasteiger charge is 2.31. The number of benzene rings is 2. The third-order valence-electron chi connectivity index (χ3n) is 5.56. The molecule has 190 valence electrons. The first-order chi connectivity index (χ1) is 17.1. The zero-order valence-corrected chi connectivity index (χ0v) is 20.7. The van der Waals surface area contributed by atoms with Crippen LogP contribution in [-0.4, -0.2) is 39.8 Å². The average Bonchev–Trinajstić information content (AvgIpc) is 2.85. The van der Waals surface area contributed by atoms with E-state index in [0.29, 0.717) is 29.4 Å². The Morgan fingerprint density at radius 3 is 2.22 bits per heavy atom. The SMILES string of the molecule is CCN(CC)C(=O)CCCC(=O)N(c1ccc(C(F)(F)F)cc1)c1nccc(-c2cccc(Cl)c2)n1. The van der Waals surface area contributed by atoms with E-state index in [1.807, 2.05) is 13.8 Å². The molecule has 1 heterocycles. The van der Waals surface area contributed by atoms with Crippen molar-refractivity contribution in [2.45, 2.75) is 39.3 Å². The maximum atomic E-state index is 13.3. The fraction of sp³-hybridized carbons (Fsp3) is 0.308. The van der Waals surface area contributed by atoms with Crippen LogP contribution in [0, 0.1) is 0 Å². The van der Waals surface area contributed by atoms with Crippen molar-refractivity contribution in [3.05, 3.63) is 71.4 Å². The van der Waals surface area contributed by atoms with Gasteiger partial charge in [0.15, 0.2) is 0 Å². The van der Waals surface area contributed by atoms with Crippen molar-refractivity contribution in [2.24, 2.45) is 0 Å². The molecule has 2 aromatic carbocycles. The number of anilines is 2. The van der Waals surface area contributed by atoms with Crippen LogP contribution in [0.2, 0.25) is 5.02 Å². The number of hydrogen-bond donors (Lipinski definition) is 0. The predicted molar refractivity (Wildman–Crippen MR) is 133 cm³/mol. The Hall–Kier alpha value is -3.46. The predicted octanol–water partition coefficient (Wildman–Crippen LogP) is 6.52. The number of carbonyl (C=O) groups excluding carboxylic acids is 2. The van der Waals surface area contributed by atoms with Crippen LogP contribution in [-0.2, 0) is 15.8 Å². The molecule has 3 aromatic rings. The van der Waals surface area contributed by atoms with Gasteiger partial charge in [0.2, 0.25) is 17.8 Å². The lowest BCUT2D eigenvalue weighted by Gasteiger charge is -2.22. The third-order valence-corrected chi connectivity index (χ3v) is 5.80. The van der Waals surface area contributed by atoms with E-state index in [9.17, 15) is 22.8 Å². The minimum absolute atomic E-state index is 0.00676. The summed E-state index contributed by atoms with van der Waals surface area (Å²) < 4.78 is 39.3. The summed E-state index contributed by atoms with van der Waals surface area (Å²) >= 11 is 6.09. The van der Waals surface area contributed by atoms with Crippen LogP contribution in [0.3, 0.4) is 0 Å². The Labute approximate surface area is 212 Å².